The van der Waals surface area contributed by atoms with Gasteiger partial charge in [-0.3, -0.25) is 0 Å². The number of aliphatic hydroxyl groups is 1. The first kappa shape index (κ1) is 10.9. The van der Waals surface area contributed by atoms with Gasteiger partial charge in [0.1, 0.15) is 0 Å². The fourth-order valence-corrected chi connectivity index (χ4v) is 0.505. The van der Waals surface area contributed by atoms with E-state index in [0.29, 0.717) is 12.2 Å². The zero-order valence-electron chi connectivity index (χ0n) is 7.41. The van der Waals surface area contributed by atoms with Crippen molar-refractivity contribution in [2.75, 3.05) is 6.61 Å². The molecule has 0 amide bonds. The van der Waals surface area contributed by atoms with Gasteiger partial charge in [0.15, 0.2) is 0 Å². The van der Waals surface area contributed by atoms with Crippen molar-refractivity contribution in [2.24, 2.45) is 0 Å². The molecule has 3 heteroatoms. The summed E-state index contributed by atoms with van der Waals surface area (Å²) >= 11 is 0. The SMILES string of the molecule is C=C(/C=C/C(=O)OCC)[C@@H](C)O. The highest BCUT2D eigenvalue weighted by atomic mass is 16.5. The molecule has 0 spiro atoms. The summed E-state index contributed by atoms with van der Waals surface area (Å²) < 4.78 is 4.62. The van der Waals surface area contributed by atoms with Crippen molar-refractivity contribution in [3.05, 3.63) is 24.3 Å². The number of carbonyl (C=O) groups is 1. The molecular formula is C9H14O3. The molecule has 0 saturated carbocycles. The summed E-state index contributed by atoms with van der Waals surface area (Å²) in [5.41, 5.74) is 0.489. The molecule has 1 atom stereocenters. The van der Waals surface area contributed by atoms with Crippen LogP contribution in [-0.2, 0) is 9.53 Å². The van der Waals surface area contributed by atoms with Crippen molar-refractivity contribution < 1.29 is 14.6 Å². The minimum Gasteiger partial charge on any atom is -0.463 e. The molecule has 0 aliphatic carbocycles. The monoisotopic (exact) mass is 170 g/mol. The Hall–Kier alpha value is -1.09. The lowest BCUT2D eigenvalue weighted by atomic mass is 10.2. The van der Waals surface area contributed by atoms with E-state index in [-0.39, 0.29) is 0 Å². The summed E-state index contributed by atoms with van der Waals surface area (Å²) in [7, 11) is 0. The number of aliphatic hydroxyl groups excluding tert-OH is 1. The molecule has 1 N–H and O–H groups in total. The van der Waals surface area contributed by atoms with Crippen molar-refractivity contribution in [1.82, 2.24) is 0 Å². The maximum atomic E-state index is 10.7. The van der Waals surface area contributed by atoms with E-state index in [9.17, 15) is 4.79 Å². The fourth-order valence-electron chi connectivity index (χ4n) is 0.505. The quantitative estimate of drug-likeness (QED) is 0.389. The van der Waals surface area contributed by atoms with Gasteiger partial charge in [-0.25, -0.2) is 4.79 Å². The van der Waals surface area contributed by atoms with Crippen LogP contribution in [0.2, 0.25) is 0 Å². The third-order valence-electron chi connectivity index (χ3n) is 1.26. The molecule has 0 saturated heterocycles. The van der Waals surface area contributed by atoms with Crippen LogP contribution in [0.1, 0.15) is 13.8 Å². The molecule has 12 heavy (non-hydrogen) atoms. The Labute approximate surface area is 72.3 Å². The number of rotatable bonds is 4. The highest BCUT2D eigenvalue weighted by Gasteiger charge is 1.98. The van der Waals surface area contributed by atoms with Crippen molar-refractivity contribution >= 4 is 5.97 Å². The van der Waals surface area contributed by atoms with Crippen molar-refractivity contribution in [3.8, 4) is 0 Å². The van der Waals surface area contributed by atoms with E-state index in [1.165, 1.54) is 12.2 Å². The second-order valence-corrected chi connectivity index (χ2v) is 2.34. The molecule has 0 aromatic heterocycles. The first-order valence-electron chi connectivity index (χ1n) is 3.79. The lowest BCUT2D eigenvalue weighted by Crippen LogP contribution is -2.03. The molecule has 0 radical (unpaired) electrons. The van der Waals surface area contributed by atoms with Crippen LogP contribution in [0.5, 0.6) is 0 Å². The zero-order valence-corrected chi connectivity index (χ0v) is 7.41. The third kappa shape index (κ3) is 4.68. The maximum Gasteiger partial charge on any atom is 0.330 e. The molecule has 68 valence electrons. The van der Waals surface area contributed by atoms with Crippen LogP contribution in [0, 0.1) is 0 Å². The second-order valence-electron chi connectivity index (χ2n) is 2.34. The van der Waals surface area contributed by atoms with Gasteiger partial charge < -0.3 is 9.84 Å². The van der Waals surface area contributed by atoms with Crippen molar-refractivity contribution in [3.63, 3.8) is 0 Å². The standard InChI is InChI=1S/C9H14O3/c1-4-12-9(11)6-5-7(2)8(3)10/h5-6,8,10H,2,4H2,1,3H3/b6-5+/t8-/m1/s1. The number of esters is 1. The summed E-state index contributed by atoms with van der Waals surface area (Å²) in [6, 6.07) is 0. The van der Waals surface area contributed by atoms with Crippen LogP contribution >= 0.6 is 0 Å². The third-order valence-corrected chi connectivity index (χ3v) is 1.26. The number of hydrogen-bond acceptors (Lipinski definition) is 3. The first-order valence-corrected chi connectivity index (χ1v) is 3.79. The van der Waals surface area contributed by atoms with E-state index in [0.717, 1.165) is 0 Å². The van der Waals surface area contributed by atoms with Gasteiger partial charge in [0.2, 0.25) is 0 Å². The maximum absolute atomic E-state index is 10.7. The molecule has 3 nitrogen and oxygen atoms in total. The highest BCUT2D eigenvalue weighted by Crippen LogP contribution is 1.99. The van der Waals surface area contributed by atoms with Gasteiger partial charge >= 0.3 is 5.97 Å². The molecule has 0 bridgehead atoms. The van der Waals surface area contributed by atoms with E-state index < -0.39 is 12.1 Å². The van der Waals surface area contributed by atoms with Crippen LogP contribution in [0.4, 0.5) is 0 Å². The smallest absolute Gasteiger partial charge is 0.330 e. The normalized spacial score (nSPS) is 12.9. The number of carbonyl (C=O) groups excluding carboxylic acids is 1. The van der Waals surface area contributed by atoms with E-state index in [4.69, 9.17) is 5.11 Å². The summed E-state index contributed by atoms with van der Waals surface area (Å²) in [6.45, 7) is 7.21. The summed E-state index contributed by atoms with van der Waals surface area (Å²) in [6.07, 6.45) is 2.07. The Morgan fingerprint density at radius 1 is 1.67 bits per heavy atom. The number of hydrogen-bond donors (Lipinski definition) is 1. The molecule has 0 aliphatic rings. The van der Waals surface area contributed by atoms with Gasteiger partial charge in [-0.1, -0.05) is 6.58 Å². The second kappa shape index (κ2) is 5.55. The minimum atomic E-state index is -0.629. The first-order chi connectivity index (χ1) is 5.57. The molecule has 0 heterocycles. The van der Waals surface area contributed by atoms with Gasteiger partial charge in [-0.2, -0.15) is 0 Å². The van der Waals surface area contributed by atoms with Crippen LogP contribution < -0.4 is 0 Å². The molecule has 0 fully saturated rings. The van der Waals surface area contributed by atoms with Gasteiger partial charge in [-0.05, 0) is 25.5 Å². The van der Waals surface area contributed by atoms with E-state index in [1.54, 1.807) is 13.8 Å². The van der Waals surface area contributed by atoms with Crippen LogP contribution in [0.15, 0.2) is 24.3 Å². The molecular weight excluding hydrogens is 156 g/mol. The summed E-state index contributed by atoms with van der Waals surface area (Å²) in [5.74, 6) is -0.417. The van der Waals surface area contributed by atoms with E-state index in [1.807, 2.05) is 0 Å². The van der Waals surface area contributed by atoms with E-state index in [2.05, 4.69) is 11.3 Å². The lowest BCUT2D eigenvalue weighted by Gasteiger charge is -2.01. The van der Waals surface area contributed by atoms with Gasteiger partial charge in [0, 0.05) is 6.08 Å². The van der Waals surface area contributed by atoms with Crippen LogP contribution in [-0.4, -0.2) is 23.8 Å². The lowest BCUT2D eigenvalue weighted by molar-refractivity contribution is -0.137. The topological polar surface area (TPSA) is 46.5 Å². The molecule has 0 aromatic rings. The van der Waals surface area contributed by atoms with Gasteiger partial charge in [-0.15, -0.1) is 0 Å². The summed E-state index contributed by atoms with van der Waals surface area (Å²) in [5, 5.41) is 8.96. The average Bonchev–Trinajstić information content (AvgIpc) is 2.00. The fraction of sp³-hybridized carbons (Fsp3) is 0.444. The largest absolute Gasteiger partial charge is 0.463 e. The average molecular weight is 170 g/mol. The summed E-state index contributed by atoms with van der Waals surface area (Å²) in [4.78, 5) is 10.7. The van der Waals surface area contributed by atoms with E-state index >= 15 is 0 Å². The Kier molecular flexibility index (Phi) is 5.04. The number of ether oxygens (including phenoxy) is 1. The minimum absolute atomic E-state index is 0.352. The Morgan fingerprint density at radius 3 is 2.67 bits per heavy atom. The zero-order chi connectivity index (χ0) is 9.56. The highest BCUT2D eigenvalue weighted by molar-refractivity contribution is 5.82. The Morgan fingerprint density at radius 2 is 2.25 bits per heavy atom. The van der Waals surface area contributed by atoms with Crippen LogP contribution in [0.25, 0.3) is 0 Å². The van der Waals surface area contributed by atoms with Gasteiger partial charge in [0.25, 0.3) is 0 Å². The molecule has 0 aromatic carbocycles. The predicted molar refractivity (Wildman–Crippen MR) is 46.6 cm³/mol. The molecule has 0 rings (SSSR count). The van der Waals surface area contributed by atoms with Gasteiger partial charge in [0.05, 0.1) is 12.7 Å². The molecule has 0 unspecified atom stereocenters. The predicted octanol–water partition coefficient (Wildman–Crippen LogP) is 1.04. The Bertz CT molecular complexity index is 192. The Balaban J connectivity index is 3.90. The van der Waals surface area contributed by atoms with Crippen molar-refractivity contribution in [1.29, 1.82) is 0 Å². The van der Waals surface area contributed by atoms with Crippen LogP contribution in [0.3, 0.4) is 0 Å². The van der Waals surface area contributed by atoms with Crippen molar-refractivity contribution in [2.45, 2.75) is 20.0 Å². The molecule has 0 aliphatic heterocycles.